The minimum absolute atomic E-state index is 0.0590. The molecule has 0 aromatic heterocycles. The van der Waals surface area contributed by atoms with Crippen LogP contribution in [-0.4, -0.2) is 24.5 Å². The van der Waals surface area contributed by atoms with Gasteiger partial charge in [0.15, 0.2) is 0 Å². The second-order valence-electron chi connectivity index (χ2n) is 4.73. The lowest BCUT2D eigenvalue weighted by atomic mass is 10.2. The first-order chi connectivity index (χ1) is 8.33. The van der Waals surface area contributed by atoms with Crippen LogP contribution in [0.5, 0.6) is 0 Å². The number of carbonyl (C=O) groups excluding carboxylic acids is 2. The molecule has 1 rings (SSSR count). The summed E-state index contributed by atoms with van der Waals surface area (Å²) in [5.74, 6) is 0. The van der Waals surface area contributed by atoms with Crippen molar-refractivity contribution in [1.82, 2.24) is 0 Å². The molecule has 0 saturated carbocycles. The molecule has 1 aromatic carbocycles. The highest BCUT2D eigenvalue weighted by atomic mass is 35.5. The second-order valence-corrected chi connectivity index (χ2v) is 5.17. The number of halogens is 1. The van der Waals surface area contributed by atoms with Gasteiger partial charge in [-0.2, -0.15) is 0 Å². The van der Waals surface area contributed by atoms with Crippen molar-refractivity contribution in [3.8, 4) is 0 Å². The summed E-state index contributed by atoms with van der Waals surface area (Å²) in [5.41, 5.74) is -0.0364. The molecule has 0 unspecified atom stereocenters. The van der Waals surface area contributed by atoms with Gasteiger partial charge in [0.25, 0.3) is 0 Å². The fourth-order valence-corrected chi connectivity index (χ4v) is 1.42. The highest BCUT2D eigenvalue weighted by Gasteiger charge is 2.22. The zero-order chi connectivity index (χ0) is 13.8. The Kier molecular flexibility index (Phi) is 4.73. The fraction of sp³-hybridized carbons (Fsp3) is 0.385. The van der Waals surface area contributed by atoms with E-state index in [1.807, 2.05) is 0 Å². The first kappa shape index (κ1) is 14.5. The molecule has 0 heterocycles. The fourth-order valence-electron chi connectivity index (χ4n) is 1.30. The van der Waals surface area contributed by atoms with Gasteiger partial charge in [-0.3, -0.25) is 4.90 Å². The highest BCUT2D eigenvalue weighted by Crippen LogP contribution is 2.20. The van der Waals surface area contributed by atoms with Crippen LogP contribution in [0.1, 0.15) is 20.8 Å². The van der Waals surface area contributed by atoms with Gasteiger partial charge in [-0.25, -0.2) is 4.79 Å². The van der Waals surface area contributed by atoms with Crippen molar-refractivity contribution in [2.75, 3.05) is 11.4 Å². The minimum atomic E-state index is -0.607. The number of aldehydes is 1. The van der Waals surface area contributed by atoms with E-state index in [1.165, 1.54) is 4.90 Å². The summed E-state index contributed by atoms with van der Waals surface area (Å²) in [6.45, 7) is 5.25. The van der Waals surface area contributed by atoms with E-state index in [-0.39, 0.29) is 6.54 Å². The molecule has 0 spiro atoms. The monoisotopic (exact) mass is 269 g/mol. The van der Waals surface area contributed by atoms with Gasteiger partial charge in [0.05, 0.1) is 6.54 Å². The lowest BCUT2D eigenvalue weighted by Crippen LogP contribution is -2.37. The largest absolute Gasteiger partial charge is 0.443 e. The molecule has 0 aliphatic heterocycles. The molecule has 0 radical (unpaired) electrons. The van der Waals surface area contributed by atoms with Gasteiger partial charge in [-0.05, 0) is 45.0 Å². The Morgan fingerprint density at radius 3 is 2.33 bits per heavy atom. The Labute approximate surface area is 111 Å². The Hall–Kier alpha value is -1.55. The Morgan fingerprint density at radius 1 is 1.33 bits per heavy atom. The van der Waals surface area contributed by atoms with Gasteiger partial charge in [-0.1, -0.05) is 11.6 Å². The van der Waals surface area contributed by atoms with E-state index in [1.54, 1.807) is 45.0 Å². The van der Waals surface area contributed by atoms with Crippen LogP contribution in [-0.2, 0) is 9.53 Å². The maximum atomic E-state index is 11.9. The second kappa shape index (κ2) is 5.87. The molecule has 0 aliphatic carbocycles. The van der Waals surface area contributed by atoms with E-state index >= 15 is 0 Å². The van der Waals surface area contributed by atoms with Crippen molar-refractivity contribution < 1.29 is 14.3 Å². The summed E-state index contributed by atoms with van der Waals surface area (Å²) < 4.78 is 5.23. The number of anilines is 1. The number of carbonyl (C=O) groups is 2. The molecule has 0 saturated heterocycles. The first-order valence-corrected chi connectivity index (χ1v) is 5.91. The number of nitrogens with zero attached hydrogens (tertiary/aromatic N) is 1. The summed E-state index contributed by atoms with van der Waals surface area (Å²) in [7, 11) is 0. The summed E-state index contributed by atoms with van der Waals surface area (Å²) >= 11 is 5.78. The molecule has 0 atom stereocenters. The van der Waals surface area contributed by atoms with Crippen LogP contribution in [0.4, 0.5) is 10.5 Å². The van der Waals surface area contributed by atoms with Gasteiger partial charge in [0.1, 0.15) is 11.9 Å². The zero-order valence-corrected chi connectivity index (χ0v) is 11.4. The van der Waals surface area contributed by atoms with Crippen molar-refractivity contribution in [3.63, 3.8) is 0 Å². The summed E-state index contributed by atoms with van der Waals surface area (Å²) in [4.78, 5) is 23.9. The predicted octanol–water partition coefficient (Wildman–Crippen LogP) is 3.28. The van der Waals surface area contributed by atoms with Crippen LogP contribution in [0, 0.1) is 0 Å². The third-order valence-electron chi connectivity index (χ3n) is 2.01. The molecular weight excluding hydrogens is 254 g/mol. The smallest absolute Gasteiger partial charge is 0.415 e. The Balaban J connectivity index is 2.91. The molecule has 18 heavy (non-hydrogen) atoms. The van der Waals surface area contributed by atoms with Crippen LogP contribution in [0.15, 0.2) is 24.3 Å². The topological polar surface area (TPSA) is 46.6 Å². The van der Waals surface area contributed by atoms with E-state index in [9.17, 15) is 9.59 Å². The molecule has 98 valence electrons. The Bertz CT molecular complexity index is 423. The standard InChI is InChI=1S/C13H16ClNO3/c1-13(2,3)18-12(17)15(8-9-16)11-6-4-10(14)5-7-11/h4-7,9H,8H2,1-3H3. The SMILES string of the molecule is CC(C)(C)OC(=O)N(CC=O)c1ccc(Cl)cc1. The summed E-state index contributed by atoms with van der Waals surface area (Å²) in [6, 6.07) is 6.63. The lowest BCUT2D eigenvalue weighted by Gasteiger charge is -2.26. The van der Waals surface area contributed by atoms with Gasteiger partial charge in [0.2, 0.25) is 0 Å². The van der Waals surface area contributed by atoms with E-state index in [4.69, 9.17) is 16.3 Å². The number of rotatable bonds is 3. The van der Waals surface area contributed by atoms with E-state index < -0.39 is 11.7 Å². The summed E-state index contributed by atoms with van der Waals surface area (Å²) in [6.07, 6.45) is 0.0929. The molecule has 1 aromatic rings. The van der Waals surface area contributed by atoms with Gasteiger partial charge >= 0.3 is 6.09 Å². The normalized spacial score (nSPS) is 10.9. The van der Waals surface area contributed by atoms with Crippen molar-refractivity contribution in [1.29, 1.82) is 0 Å². The maximum absolute atomic E-state index is 11.9. The summed E-state index contributed by atoms with van der Waals surface area (Å²) in [5, 5.41) is 0.564. The highest BCUT2D eigenvalue weighted by molar-refractivity contribution is 6.30. The predicted molar refractivity (Wildman–Crippen MR) is 71.1 cm³/mol. The zero-order valence-electron chi connectivity index (χ0n) is 10.6. The number of hydrogen-bond acceptors (Lipinski definition) is 3. The molecule has 0 N–H and O–H groups in total. The van der Waals surface area contributed by atoms with Crippen molar-refractivity contribution in [2.24, 2.45) is 0 Å². The van der Waals surface area contributed by atoms with Crippen LogP contribution < -0.4 is 4.90 Å². The first-order valence-electron chi connectivity index (χ1n) is 5.53. The number of hydrogen-bond donors (Lipinski definition) is 0. The van der Waals surface area contributed by atoms with Crippen molar-refractivity contribution in [3.05, 3.63) is 29.3 Å². The molecule has 0 fully saturated rings. The van der Waals surface area contributed by atoms with Crippen molar-refractivity contribution in [2.45, 2.75) is 26.4 Å². The average molecular weight is 270 g/mol. The average Bonchev–Trinajstić information content (AvgIpc) is 2.25. The number of ether oxygens (including phenoxy) is 1. The van der Waals surface area contributed by atoms with E-state index in [0.717, 1.165) is 0 Å². The van der Waals surface area contributed by atoms with E-state index in [0.29, 0.717) is 17.0 Å². The van der Waals surface area contributed by atoms with Crippen LogP contribution in [0.25, 0.3) is 0 Å². The quantitative estimate of drug-likeness (QED) is 0.791. The third kappa shape index (κ3) is 4.37. The number of amides is 1. The van der Waals surface area contributed by atoms with Crippen LogP contribution in [0.3, 0.4) is 0 Å². The van der Waals surface area contributed by atoms with Gasteiger partial charge < -0.3 is 9.53 Å². The lowest BCUT2D eigenvalue weighted by molar-refractivity contribution is -0.106. The van der Waals surface area contributed by atoms with Gasteiger partial charge in [-0.15, -0.1) is 0 Å². The molecular formula is C13H16ClNO3. The van der Waals surface area contributed by atoms with Crippen molar-refractivity contribution >= 4 is 29.7 Å². The maximum Gasteiger partial charge on any atom is 0.415 e. The Morgan fingerprint density at radius 2 is 1.89 bits per heavy atom. The van der Waals surface area contributed by atoms with Gasteiger partial charge in [0, 0.05) is 10.7 Å². The van der Waals surface area contributed by atoms with Crippen LogP contribution >= 0.6 is 11.6 Å². The molecule has 1 amide bonds. The molecule has 4 nitrogen and oxygen atoms in total. The third-order valence-corrected chi connectivity index (χ3v) is 2.26. The number of benzene rings is 1. The van der Waals surface area contributed by atoms with Crippen LogP contribution in [0.2, 0.25) is 5.02 Å². The molecule has 0 bridgehead atoms. The van der Waals surface area contributed by atoms with E-state index in [2.05, 4.69) is 0 Å². The minimum Gasteiger partial charge on any atom is -0.443 e. The molecule has 5 heteroatoms. The molecule has 0 aliphatic rings.